The third-order valence-electron chi connectivity index (χ3n) is 2.73. The minimum atomic E-state index is 0.245. The van der Waals surface area contributed by atoms with Crippen molar-refractivity contribution in [2.45, 2.75) is 13.3 Å². The molecule has 1 aliphatic rings. The molecule has 0 fully saturated rings. The molecule has 1 N–H and O–H groups in total. The van der Waals surface area contributed by atoms with Crippen molar-refractivity contribution in [1.29, 1.82) is 0 Å². The van der Waals surface area contributed by atoms with Crippen LogP contribution in [0, 0.1) is 0 Å². The molecule has 3 nitrogen and oxygen atoms in total. The van der Waals surface area contributed by atoms with Crippen molar-refractivity contribution >= 4 is 33.1 Å². The number of carbonyl (C=O) groups excluding carboxylic acids is 1. The van der Waals surface area contributed by atoms with Gasteiger partial charge in [-0.3, -0.25) is 4.79 Å². The summed E-state index contributed by atoms with van der Waals surface area (Å²) in [7, 11) is 0. The first-order chi connectivity index (χ1) is 7.66. The molecule has 0 aliphatic carbocycles. The average Bonchev–Trinajstić information content (AvgIpc) is 2.26. The lowest BCUT2D eigenvalue weighted by atomic mass is 10.2. The summed E-state index contributed by atoms with van der Waals surface area (Å²) < 4.78 is 1.07. The number of nitrogens with one attached hydrogen (secondary N) is 1. The monoisotopic (exact) mass is 282 g/mol. The topological polar surface area (TPSA) is 32.3 Å². The molecule has 0 aromatic heterocycles. The van der Waals surface area contributed by atoms with Gasteiger partial charge in [0, 0.05) is 30.5 Å². The first-order valence-corrected chi connectivity index (χ1v) is 6.24. The van der Waals surface area contributed by atoms with Crippen LogP contribution in [0.1, 0.15) is 13.3 Å². The van der Waals surface area contributed by atoms with Gasteiger partial charge in [-0.1, -0.05) is 15.9 Å². The molecule has 16 heavy (non-hydrogen) atoms. The van der Waals surface area contributed by atoms with Crippen molar-refractivity contribution < 1.29 is 4.79 Å². The second-order valence-electron chi connectivity index (χ2n) is 4.03. The molecule has 2 rings (SSSR count). The van der Waals surface area contributed by atoms with E-state index in [2.05, 4.69) is 38.3 Å². The number of Topliss-reactive ketones (excluding diaryl/α,β-unsaturated/α-hetero) is 1. The standard InChI is InChI=1S/C12H15BrN2O/c1-9(16)4-6-15-7-5-14-11-3-2-10(13)8-12(11)15/h2-3,8,14H,4-7H2,1H3. The van der Waals surface area contributed by atoms with Gasteiger partial charge in [-0.2, -0.15) is 0 Å². The highest BCUT2D eigenvalue weighted by Gasteiger charge is 2.16. The molecule has 86 valence electrons. The Labute approximate surface area is 104 Å². The number of hydrogen-bond donors (Lipinski definition) is 1. The van der Waals surface area contributed by atoms with Crippen molar-refractivity contribution in [1.82, 2.24) is 0 Å². The molecule has 0 bridgehead atoms. The Balaban J connectivity index is 2.18. The third kappa shape index (κ3) is 2.55. The maximum absolute atomic E-state index is 11.0. The number of halogens is 1. The van der Waals surface area contributed by atoms with Crippen LogP contribution in [0.4, 0.5) is 11.4 Å². The molecule has 0 radical (unpaired) electrons. The smallest absolute Gasteiger partial charge is 0.131 e. The van der Waals surface area contributed by atoms with Crippen LogP contribution in [0.3, 0.4) is 0 Å². The number of hydrogen-bond acceptors (Lipinski definition) is 3. The summed E-state index contributed by atoms with van der Waals surface area (Å²) in [5.41, 5.74) is 2.33. The van der Waals surface area contributed by atoms with Gasteiger partial charge in [0.25, 0.3) is 0 Å². The second kappa shape index (κ2) is 4.87. The van der Waals surface area contributed by atoms with Crippen LogP contribution in [0.25, 0.3) is 0 Å². The number of ketones is 1. The summed E-state index contributed by atoms with van der Waals surface area (Å²) in [4.78, 5) is 13.3. The van der Waals surface area contributed by atoms with Crippen molar-refractivity contribution in [2.75, 3.05) is 29.9 Å². The van der Waals surface area contributed by atoms with Gasteiger partial charge >= 0.3 is 0 Å². The van der Waals surface area contributed by atoms with Gasteiger partial charge in [0.2, 0.25) is 0 Å². The van der Waals surface area contributed by atoms with Gasteiger partial charge in [0.1, 0.15) is 5.78 Å². The van der Waals surface area contributed by atoms with Crippen LogP contribution in [0.5, 0.6) is 0 Å². The molecule has 1 aromatic carbocycles. The highest BCUT2D eigenvalue weighted by molar-refractivity contribution is 9.10. The van der Waals surface area contributed by atoms with Gasteiger partial charge < -0.3 is 10.2 Å². The normalized spacial score (nSPS) is 14.2. The third-order valence-corrected chi connectivity index (χ3v) is 3.22. The fraction of sp³-hybridized carbons (Fsp3) is 0.417. The summed E-state index contributed by atoms with van der Waals surface area (Å²) in [6.07, 6.45) is 0.617. The Morgan fingerprint density at radius 1 is 1.56 bits per heavy atom. The zero-order valence-electron chi connectivity index (χ0n) is 9.29. The van der Waals surface area contributed by atoms with E-state index >= 15 is 0 Å². The van der Waals surface area contributed by atoms with E-state index in [0.29, 0.717) is 6.42 Å². The fourth-order valence-electron chi connectivity index (χ4n) is 1.89. The minimum Gasteiger partial charge on any atom is -0.382 e. The zero-order chi connectivity index (χ0) is 11.5. The summed E-state index contributed by atoms with van der Waals surface area (Å²) in [5.74, 6) is 0.245. The van der Waals surface area contributed by atoms with E-state index in [4.69, 9.17) is 0 Å². The molecule has 1 aliphatic heterocycles. The molecular formula is C12H15BrN2O. The lowest BCUT2D eigenvalue weighted by Crippen LogP contribution is -2.35. The Morgan fingerprint density at radius 3 is 3.12 bits per heavy atom. The molecular weight excluding hydrogens is 268 g/mol. The van der Waals surface area contributed by atoms with E-state index in [-0.39, 0.29) is 5.78 Å². The highest BCUT2D eigenvalue weighted by atomic mass is 79.9. The van der Waals surface area contributed by atoms with Gasteiger partial charge in [-0.05, 0) is 25.1 Å². The Kier molecular flexibility index (Phi) is 3.49. The number of anilines is 2. The van der Waals surface area contributed by atoms with E-state index in [9.17, 15) is 4.79 Å². The first-order valence-electron chi connectivity index (χ1n) is 5.44. The van der Waals surface area contributed by atoms with Crippen LogP contribution in [-0.4, -0.2) is 25.4 Å². The second-order valence-corrected chi connectivity index (χ2v) is 4.94. The van der Waals surface area contributed by atoms with Crippen molar-refractivity contribution in [2.24, 2.45) is 0 Å². The molecule has 0 unspecified atom stereocenters. The zero-order valence-corrected chi connectivity index (χ0v) is 10.9. The van der Waals surface area contributed by atoms with Crippen LogP contribution in [0.2, 0.25) is 0 Å². The molecule has 1 aromatic rings. The van der Waals surface area contributed by atoms with Crippen molar-refractivity contribution in [3.8, 4) is 0 Å². The Bertz CT molecular complexity index is 406. The number of carbonyl (C=O) groups is 1. The molecule has 0 spiro atoms. The lowest BCUT2D eigenvalue weighted by molar-refractivity contribution is -0.116. The lowest BCUT2D eigenvalue weighted by Gasteiger charge is -2.32. The predicted molar refractivity (Wildman–Crippen MR) is 70.1 cm³/mol. The maximum Gasteiger partial charge on any atom is 0.131 e. The maximum atomic E-state index is 11.0. The van der Waals surface area contributed by atoms with Gasteiger partial charge in [0.05, 0.1) is 11.4 Å². The van der Waals surface area contributed by atoms with Gasteiger partial charge in [0.15, 0.2) is 0 Å². The highest BCUT2D eigenvalue weighted by Crippen LogP contribution is 2.31. The molecule has 1 heterocycles. The quantitative estimate of drug-likeness (QED) is 0.925. The average molecular weight is 283 g/mol. The minimum absolute atomic E-state index is 0.245. The van der Waals surface area contributed by atoms with E-state index < -0.39 is 0 Å². The summed E-state index contributed by atoms with van der Waals surface area (Å²) in [5, 5.41) is 3.36. The molecule has 0 amide bonds. The van der Waals surface area contributed by atoms with Crippen molar-refractivity contribution in [3.05, 3.63) is 22.7 Å². The summed E-state index contributed by atoms with van der Waals surface area (Å²) in [6, 6.07) is 6.20. The number of rotatable bonds is 3. The summed E-state index contributed by atoms with van der Waals surface area (Å²) in [6.45, 7) is 4.34. The molecule has 4 heteroatoms. The van der Waals surface area contributed by atoms with Crippen molar-refractivity contribution in [3.63, 3.8) is 0 Å². The molecule has 0 saturated heterocycles. The van der Waals surface area contributed by atoms with E-state index in [0.717, 1.165) is 29.8 Å². The van der Waals surface area contributed by atoms with Crippen LogP contribution >= 0.6 is 15.9 Å². The van der Waals surface area contributed by atoms with Gasteiger partial charge in [-0.15, -0.1) is 0 Å². The molecule has 0 atom stereocenters. The van der Waals surface area contributed by atoms with Crippen LogP contribution in [0.15, 0.2) is 22.7 Å². The van der Waals surface area contributed by atoms with Gasteiger partial charge in [-0.25, -0.2) is 0 Å². The van der Waals surface area contributed by atoms with E-state index in [1.54, 1.807) is 6.92 Å². The van der Waals surface area contributed by atoms with E-state index in [1.807, 2.05) is 6.07 Å². The number of nitrogens with zero attached hydrogens (tertiary/aromatic N) is 1. The number of benzene rings is 1. The first kappa shape index (κ1) is 11.5. The van der Waals surface area contributed by atoms with E-state index in [1.165, 1.54) is 5.69 Å². The SMILES string of the molecule is CC(=O)CCN1CCNc2ccc(Br)cc21. The Morgan fingerprint density at radius 2 is 2.38 bits per heavy atom. The largest absolute Gasteiger partial charge is 0.382 e. The predicted octanol–water partition coefficient (Wildman–Crippen LogP) is 2.66. The van der Waals surface area contributed by atoms with Crippen LogP contribution in [-0.2, 0) is 4.79 Å². The summed E-state index contributed by atoms with van der Waals surface area (Å²) >= 11 is 3.48. The molecule has 0 saturated carbocycles. The Hall–Kier alpha value is -1.03. The number of fused-ring (bicyclic) bond motifs is 1. The fourth-order valence-corrected chi connectivity index (χ4v) is 2.24. The van der Waals surface area contributed by atoms with Crippen LogP contribution < -0.4 is 10.2 Å².